The van der Waals surface area contributed by atoms with Gasteiger partial charge in [0, 0.05) is 28.7 Å². The minimum absolute atomic E-state index is 0.147. The quantitative estimate of drug-likeness (QED) is 0.118. The van der Waals surface area contributed by atoms with Crippen molar-refractivity contribution in [3.05, 3.63) is 88.9 Å². The molecule has 2 heterocycles. The van der Waals surface area contributed by atoms with Crippen molar-refractivity contribution < 1.29 is 33.0 Å². The molecule has 1 aliphatic rings. The predicted octanol–water partition coefficient (Wildman–Crippen LogP) is 5.74. The maximum absolute atomic E-state index is 13.0. The lowest BCUT2D eigenvalue weighted by molar-refractivity contribution is -0.145. The van der Waals surface area contributed by atoms with Crippen LogP contribution in [0.15, 0.2) is 82.7 Å². The van der Waals surface area contributed by atoms with Crippen LogP contribution in [0.1, 0.15) is 38.9 Å². The van der Waals surface area contributed by atoms with E-state index in [1.54, 1.807) is 25.3 Å². The molecule has 13 heteroatoms. The average Bonchev–Trinajstić information content (AvgIpc) is 3.51. The van der Waals surface area contributed by atoms with Crippen LogP contribution in [0, 0.1) is 0 Å². The molecule has 236 valence electrons. The van der Waals surface area contributed by atoms with Gasteiger partial charge < -0.3 is 20.1 Å². The van der Waals surface area contributed by atoms with Crippen LogP contribution in [0.2, 0.25) is 0 Å². The Hall–Kier alpha value is -4.27. The molecule has 4 N–H and O–H groups in total. The summed E-state index contributed by atoms with van der Waals surface area (Å²) in [6.45, 7) is 3.24. The van der Waals surface area contributed by atoms with Crippen molar-refractivity contribution in [2.24, 2.45) is 0 Å². The van der Waals surface area contributed by atoms with Crippen molar-refractivity contribution in [3.63, 3.8) is 0 Å². The Balaban J connectivity index is 1.15. The highest BCUT2D eigenvalue weighted by atomic mass is 32.3. The second-order valence-electron chi connectivity index (χ2n) is 10.4. The number of carbonyl (C=O) groups is 3. The van der Waals surface area contributed by atoms with Gasteiger partial charge in [-0.15, -0.1) is 21.9 Å². The van der Waals surface area contributed by atoms with Gasteiger partial charge in [-0.05, 0) is 75.0 Å². The van der Waals surface area contributed by atoms with Crippen LogP contribution in [0.4, 0.5) is 5.69 Å². The first-order chi connectivity index (χ1) is 21.6. The first-order valence-electron chi connectivity index (χ1n) is 14.2. The number of fused-ring (bicyclic) bond motifs is 2. The van der Waals surface area contributed by atoms with Crippen molar-refractivity contribution in [2.45, 2.75) is 35.7 Å². The van der Waals surface area contributed by atoms with Gasteiger partial charge >= 0.3 is 5.97 Å². The van der Waals surface area contributed by atoms with E-state index >= 15 is 0 Å². The summed E-state index contributed by atoms with van der Waals surface area (Å²) < 4.78 is 32.6. The maximum atomic E-state index is 13.0. The molecular weight excluding hydrogens is 617 g/mol. The normalized spacial score (nSPS) is 14.8. The predicted molar refractivity (Wildman–Crippen MR) is 173 cm³/mol. The number of rotatable bonds is 11. The molecule has 0 radical (unpaired) electrons. The van der Waals surface area contributed by atoms with E-state index in [4.69, 9.17) is 9.47 Å². The Morgan fingerprint density at radius 2 is 1.84 bits per heavy atom. The van der Waals surface area contributed by atoms with Crippen LogP contribution >= 0.6 is 21.9 Å². The number of likely N-dealkylation sites (N-methyl/N-ethyl adjacent to an activating group) is 1. The number of methoxy groups -OCH3 is 1. The molecule has 4 aromatic rings. The molecule has 11 nitrogen and oxygen atoms in total. The summed E-state index contributed by atoms with van der Waals surface area (Å²) in [5, 5.41) is 6.36. The molecule has 2 amide bonds. The highest BCUT2D eigenvalue weighted by molar-refractivity contribution is 8.24. The summed E-state index contributed by atoms with van der Waals surface area (Å²) >= 11 is 1.45. The molecule has 0 unspecified atom stereocenters. The van der Waals surface area contributed by atoms with E-state index in [1.165, 1.54) is 48.8 Å². The second-order valence-corrected chi connectivity index (χ2v) is 13.5. The summed E-state index contributed by atoms with van der Waals surface area (Å²) in [6.07, 6.45) is 2.46. The van der Waals surface area contributed by atoms with Crippen molar-refractivity contribution in [2.75, 3.05) is 32.6 Å². The van der Waals surface area contributed by atoms with Gasteiger partial charge in [-0.25, -0.2) is 4.98 Å². The lowest BCUT2D eigenvalue weighted by Gasteiger charge is -2.33. The molecule has 1 aliphatic heterocycles. The Morgan fingerprint density at radius 1 is 1.09 bits per heavy atom. The van der Waals surface area contributed by atoms with E-state index in [0.717, 1.165) is 27.6 Å². The number of amides is 2. The zero-order chi connectivity index (χ0) is 32.1. The van der Waals surface area contributed by atoms with Gasteiger partial charge in [0.1, 0.15) is 16.8 Å². The van der Waals surface area contributed by atoms with Gasteiger partial charge in [0.25, 0.3) is 11.8 Å². The Kier molecular flexibility index (Phi) is 9.85. The number of carbonyl (C=O) groups excluding carboxylic acids is 3. The van der Waals surface area contributed by atoms with Gasteiger partial charge in [0.05, 0.1) is 41.3 Å². The third-order valence-corrected chi connectivity index (χ3v) is 10.4. The molecule has 3 aromatic carbocycles. The molecule has 0 saturated carbocycles. The number of benzene rings is 3. The fourth-order valence-corrected chi connectivity index (χ4v) is 7.27. The fraction of sp³-hybridized carbons (Fsp3) is 0.250. The van der Waals surface area contributed by atoms with Gasteiger partial charge in [-0.1, -0.05) is 12.1 Å². The third kappa shape index (κ3) is 7.18. The fourth-order valence-electron chi connectivity index (χ4n) is 4.76. The largest absolute Gasteiger partial charge is 0.494 e. The van der Waals surface area contributed by atoms with E-state index < -0.39 is 16.5 Å². The summed E-state index contributed by atoms with van der Waals surface area (Å²) in [4.78, 5) is 45.0. The number of hydrogen-bond donors (Lipinski definition) is 4. The summed E-state index contributed by atoms with van der Waals surface area (Å²) in [6, 6.07) is 18.1. The first-order valence-corrected chi connectivity index (χ1v) is 16.5. The monoisotopic (exact) mass is 650 g/mol. The van der Waals surface area contributed by atoms with Crippen LogP contribution in [-0.2, 0) is 16.1 Å². The number of hydrogen-bond acceptors (Lipinski definition) is 10. The maximum Gasteiger partial charge on any atom is 0.322 e. The third-order valence-electron chi connectivity index (χ3n) is 7.44. The van der Waals surface area contributed by atoms with Crippen LogP contribution in [0.25, 0.3) is 10.6 Å². The summed E-state index contributed by atoms with van der Waals surface area (Å²) in [5.74, 6) is -0.395. The van der Waals surface area contributed by atoms with Crippen LogP contribution < -0.4 is 15.4 Å². The molecule has 1 atom stereocenters. The van der Waals surface area contributed by atoms with Crippen LogP contribution in [-0.4, -0.2) is 70.1 Å². The highest BCUT2D eigenvalue weighted by Gasteiger charge is 2.32. The van der Waals surface area contributed by atoms with Crippen molar-refractivity contribution in [1.82, 2.24) is 15.2 Å². The molecule has 1 aromatic heterocycles. The lowest BCUT2D eigenvalue weighted by Crippen LogP contribution is -2.37. The van der Waals surface area contributed by atoms with E-state index in [1.807, 2.05) is 36.2 Å². The van der Waals surface area contributed by atoms with Gasteiger partial charge in [0.2, 0.25) is 0 Å². The molecule has 0 fully saturated rings. The second kappa shape index (κ2) is 13.8. The minimum atomic E-state index is -3.46. The minimum Gasteiger partial charge on any atom is -0.494 e. The van der Waals surface area contributed by atoms with Crippen LogP contribution in [0.3, 0.4) is 0 Å². The van der Waals surface area contributed by atoms with Crippen molar-refractivity contribution >= 4 is 45.4 Å². The summed E-state index contributed by atoms with van der Waals surface area (Å²) in [7, 11) is -0.201. The lowest BCUT2D eigenvalue weighted by atomic mass is 10.1. The Morgan fingerprint density at radius 3 is 2.60 bits per heavy atom. The zero-order valence-corrected chi connectivity index (χ0v) is 26.6. The van der Waals surface area contributed by atoms with Gasteiger partial charge in [-0.3, -0.25) is 28.4 Å². The molecule has 45 heavy (non-hydrogen) atoms. The number of ether oxygens (including phenoxy) is 2. The Bertz CT molecular complexity index is 1710. The Labute approximate surface area is 266 Å². The standard InChI is InChI=1S/C32H34N4O7S2/c1-20(32(39)42-3)36(2)15-6-16-43-23-12-9-21(10-13-23)31-34-19-24(44-31)18-33-29(37)22-11-14-28-26(17-22)35-30(38)25-7-4-5-8-27(25)45(28,40)41/h4-5,7-14,17,19-20,40-41H,6,15-16,18H2,1-3H3,(H,33,37)(H,35,38)/t20-/m0/s1. The topological polar surface area (TPSA) is 150 Å². The number of nitrogens with one attached hydrogen (secondary N) is 2. The van der Waals surface area contributed by atoms with E-state index in [9.17, 15) is 23.5 Å². The molecule has 0 bridgehead atoms. The van der Waals surface area contributed by atoms with Crippen molar-refractivity contribution in [3.8, 4) is 16.3 Å². The molecule has 0 aliphatic carbocycles. The first kappa shape index (κ1) is 32.1. The summed E-state index contributed by atoms with van der Waals surface area (Å²) in [5.41, 5.74) is 1.53. The van der Waals surface area contributed by atoms with Crippen LogP contribution in [0.5, 0.6) is 5.75 Å². The van der Waals surface area contributed by atoms with Gasteiger partial charge in [-0.2, -0.15) is 0 Å². The number of thiazole rings is 1. The highest BCUT2D eigenvalue weighted by Crippen LogP contribution is 2.60. The molecule has 0 saturated heterocycles. The average molecular weight is 651 g/mol. The number of nitrogens with zero attached hydrogens (tertiary/aromatic N) is 2. The SMILES string of the molecule is COC(=O)[C@H](C)N(C)CCCOc1ccc(-c2ncc(CNC(=O)c3ccc4c(c3)NC(=O)c3ccccc3S4(O)O)s2)cc1. The number of anilines is 1. The smallest absolute Gasteiger partial charge is 0.322 e. The van der Waals surface area contributed by atoms with Crippen molar-refractivity contribution in [1.29, 1.82) is 0 Å². The number of esters is 1. The molecule has 0 spiro atoms. The van der Waals surface area contributed by atoms with E-state index in [-0.39, 0.29) is 51.1 Å². The van der Waals surface area contributed by atoms with E-state index in [2.05, 4.69) is 15.6 Å². The van der Waals surface area contributed by atoms with Gasteiger partial charge in [0.15, 0.2) is 0 Å². The number of aromatic nitrogens is 1. The molecular formula is C32H34N4O7S2. The zero-order valence-electron chi connectivity index (χ0n) is 25.0. The molecule has 5 rings (SSSR count). The van der Waals surface area contributed by atoms with E-state index in [0.29, 0.717) is 13.2 Å².